The summed E-state index contributed by atoms with van der Waals surface area (Å²) >= 11 is 2.91. The fraction of sp³-hybridized carbons (Fsp3) is 0.150. The topological polar surface area (TPSA) is 113 Å². The zero-order valence-electron chi connectivity index (χ0n) is 15.7. The number of oxazole rings is 2. The van der Waals surface area contributed by atoms with Crippen LogP contribution in [0.3, 0.4) is 0 Å². The molecule has 1 aliphatic heterocycles. The number of aromatic nitrogens is 2. The summed E-state index contributed by atoms with van der Waals surface area (Å²) in [6.07, 6.45) is 1.68. The Bertz CT molecular complexity index is 1410. The van der Waals surface area contributed by atoms with Crippen molar-refractivity contribution in [3.05, 3.63) is 71.8 Å². The number of nitrogens with zero attached hydrogens (tertiary/aromatic N) is 2. The maximum absolute atomic E-state index is 13.0. The van der Waals surface area contributed by atoms with Gasteiger partial charge in [0.05, 0.1) is 12.5 Å². The molecule has 0 amide bonds. The lowest BCUT2D eigenvalue weighted by molar-refractivity contribution is -0.136. The van der Waals surface area contributed by atoms with Crippen molar-refractivity contribution in [2.24, 2.45) is 0 Å². The Morgan fingerprint density at radius 3 is 2.80 bits per heavy atom. The Morgan fingerprint density at radius 1 is 1.30 bits per heavy atom. The van der Waals surface area contributed by atoms with Crippen LogP contribution < -0.4 is 22.3 Å². The van der Waals surface area contributed by atoms with Gasteiger partial charge in [-0.15, -0.1) is 22.7 Å². The van der Waals surface area contributed by atoms with Crippen molar-refractivity contribution in [3.8, 4) is 5.88 Å². The normalized spacial score (nSPS) is 15.8. The fourth-order valence-corrected chi connectivity index (χ4v) is 4.98. The molecule has 152 valence electrons. The van der Waals surface area contributed by atoms with Crippen LogP contribution >= 0.6 is 22.7 Å². The first-order valence-corrected chi connectivity index (χ1v) is 10.8. The first-order chi connectivity index (χ1) is 14.6. The third-order valence-corrected chi connectivity index (χ3v) is 6.39. The second-order valence-electron chi connectivity index (χ2n) is 6.40. The highest BCUT2D eigenvalue weighted by molar-refractivity contribution is 7.10. The lowest BCUT2D eigenvalue weighted by atomic mass is 9.92. The number of esters is 1. The van der Waals surface area contributed by atoms with E-state index in [1.165, 1.54) is 27.2 Å². The van der Waals surface area contributed by atoms with Crippen LogP contribution in [0.5, 0.6) is 0 Å². The van der Waals surface area contributed by atoms with Crippen molar-refractivity contribution >= 4 is 46.3 Å². The molecule has 10 heteroatoms. The minimum atomic E-state index is -0.625. The Balaban J connectivity index is 1.93. The van der Waals surface area contributed by atoms with Gasteiger partial charge in [0.25, 0.3) is 6.01 Å². The molecule has 8 nitrogen and oxygen atoms in total. The number of hydrogen-bond acceptors (Lipinski definition) is 9. The molecule has 2 N–H and O–H groups in total. The number of rotatable bonds is 4. The molecule has 4 aromatic heterocycles. The van der Waals surface area contributed by atoms with E-state index in [0.29, 0.717) is 5.69 Å². The van der Waals surface area contributed by atoms with Crippen molar-refractivity contribution in [3.63, 3.8) is 0 Å². The molecule has 4 aromatic rings. The molecule has 5 rings (SSSR count). The summed E-state index contributed by atoms with van der Waals surface area (Å²) in [5, 5.41) is 3.99. The molecule has 0 saturated heterocycles. The number of carbonyl (C=O) groups is 1. The number of carbonyl (C=O) groups excluding carboxylic acids is 1. The molecule has 5 heterocycles. The fourth-order valence-electron chi connectivity index (χ4n) is 3.49. The molecule has 0 aliphatic carbocycles. The number of fused-ring (bicyclic) bond motifs is 3. The highest BCUT2D eigenvalue weighted by atomic mass is 32.1. The van der Waals surface area contributed by atoms with E-state index >= 15 is 0 Å². The molecule has 0 fully saturated rings. The molecule has 1 unspecified atom stereocenters. The van der Waals surface area contributed by atoms with E-state index in [1.54, 1.807) is 13.0 Å². The Kier molecular flexibility index (Phi) is 4.44. The number of thiophene rings is 2. The highest BCUT2D eigenvalue weighted by Gasteiger charge is 2.40. The van der Waals surface area contributed by atoms with Gasteiger partial charge in [-0.2, -0.15) is 4.98 Å². The molecule has 0 spiro atoms. The van der Waals surface area contributed by atoms with Crippen LogP contribution in [-0.2, 0) is 9.53 Å². The van der Waals surface area contributed by atoms with Crippen LogP contribution in [0, 0.1) is 0 Å². The van der Waals surface area contributed by atoms with Gasteiger partial charge in [-0.1, -0.05) is 12.1 Å². The second-order valence-corrected chi connectivity index (χ2v) is 8.36. The second kappa shape index (κ2) is 7.15. The van der Waals surface area contributed by atoms with Crippen molar-refractivity contribution in [1.82, 2.24) is 9.55 Å². The number of anilines is 1. The summed E-state index contributed by atoms with van der Waals surface area (Å²) in [4.78, 5) is 31.8. The summed E-state index contributed by atoms with van der Waals surface area (Å²) in [6, 6.07) is 7.41. The summed E-state index contributed by atoms with van der Waals surface area (Å²) < 4.78 is 18.0. The van der Waals surface area contributed by atoms with Crippen molar-refractivity contribution in [2.75, 3.05) is 12.3 Å². The van der Waals surface area contributed by atoms with E-state index in [4.69, 9.17) is 19.3 Å². The van der Waals surface area contributed by atoms with Gasteiger partial charge in [-0.3, -0.25) is 0 Å². The van der Waals surface area contributed by atoms with E-state index in [1.807, 2.05) is 35.0 Å². The lowest BCUT2D eigenvalue weighted by Gasteiger charge is -2.20. The predicted molar refractivity (Wildman–Crippen MR) is 112 cm³/mol. The molecule has 0 bridgehead atoms. The van der Waals surface area contributed by atoms with Crippen LogP contribution in [-0.4, -0.2) is 22.1 Å². The Morgan fingerprint density at radius 2 is 2.10 bits per heavy atom. The first kappa shape index (κ1) is 18.6. The van der Waals surface area contributed by atoms with Crippen molar-refractivity contribution in [2.45, 2.75) is 12.8 Å². The maximum atomic E-state index is 13.0. The smallest absolute Gasteiger partial charge is 0.362 e. The third-order valence-electron chi connectivity index (χ3n) is 4.63. The van der Waals surface area contributed by atoms with Crippen LogP contribution in [0.2, 0.25) is 0 Å². The predicted octanol–water partition coefficient (Wildman–Crippen LogP) is 1.81. The minimum Gasteiger partial charge on any atom is -0.462 e. The molecule has 30 heavy (non-hydrogen) atoms. The van der Waals surface area contributed by atoms with Gasteiger partial charge < -0.3 is 19.3 Å². The largest absolute Gasteiger partial charge is 0.462 e. The van der Waals surface area contributed by atoms with Crippen LogP contribution in [0.4, 0.5) is 6.01 Å². The van der Waals surface area contributed by atoms with Crippen LogP contribution in [0.15, 0.2) is 48.7 Å². The van der Waals surface area contributed by atoms with Gasteiger partial charge >= 0.3 is 11.6 Å². The first-order valence-electron chi connectivity index (χ1n) is 9.07. The van der Waals surface area contributed by atoms with Gasteiger partial charge in [0.15, 0.2) is 0 Å². The Hall–Kier alpha value is -3.37. The van der Waals surface area contributed by atoms with Gasteiger partial charge in [0.2, 0.25) is 11.4 Å². The van der Waals surface area contributed by atoms with Gasteiger partial charge in [0, 0.05) is 9.75 Å². The van der Waals surface area contributed by atoms with E-state index in [9.17, 15) is 9.59 Å². The number of ether oxygens (including phenoxy) is 1. The molecule has 0 aromatic carbocycles. The van der Waals surface area contributed by atoms with E-state index in [0.717, 1.165) is 9.75 Å². The van der Waals surface area contributed by atoms with Gasteiger partial charge in [0.1, 0.15) is 16.6 Å². The number of nitrogen functional groups attached to an aromatic ring is 1. The van der Waals surface area contributed by atoms with E-state index in [-0.39, 0.29) is 35.0 Å². The lowest BCUT2D eigenvalue weighted by Crippen LogP contribution is -2.37. The molecule has 0 radical (unpaired) electrons. The van der Waals surface area contributed by atoms with Crippen molar-refractivity contribution < 1.29 is 18.4 Å². The third kappa shape index (κ3) is 2.84. The highest BCUT2D eigenvalue weighted by Crippen LogP contribution is 2.40. The zero-order valence-corrected chi connectivity index (χ0v) is 17.3. The number of nitrogens with two attached hydrogens (primary N) is 1. The minimum absolute atomic E-state index is 0.0586. The summed E-state index contributed by atoms with van der Waals surface area (Å²) in [7, 11) is 0. The monoisotopic (exact) mass is 441 g/mol. The average molecular weight is 441 g/mol. The number of hydrogen-bond donors (Lipinski definition) is 1. The SMILES string of the molecule is CCOC(=O)C1=c2oc(=O)/c(=C\c3cccs3)n2-c2oc(N)nc2C1c1cccs1. The maximum Gasteiger partial charge on any atom is 0.362 e. The molecule has 1 atom stereocenters. The molecule has 0 saturated carbocycles. The van der Waals surface area contributed by atoms with E-state index < -0.39 is 17.5 Å². The summed E-state index contributed by atoms with van der Waals surface area (Å²) in [6.45, 7) is 1.89. The van der Waals surface area contributed by atoms with Crippen LogP contribution in [0.25, 0.3) is 17.5 Å². The summed E-state index contributed by atoms with van der Waals surface area (Å²) in [5.74, 6) is -0.962. The molecular formula is C20H15N3O5S2. The van der Waals surface area contributed by atoms with Crippen molar-refractivity contribution in [1.29, 1.82) is 0 Å². The zero-order chi connectivity index (χ0) is 20.8. The summed E-state index contributed by atoms with van der Waals surface area (Å²) in [5.41, 5.74) is 5.94. The van der Waals surface area contributed by atoms with Gasteiger partial charge in [-0.25, -0.2) is 14.2 Å². The molecule has 1 aliphatic rings. The Labute approximate surface area is 177 Å². The molecular weight excluding hydrogens is 426 g/mol. The van der Waals surface area contributed by atoms with E-state index in [2.05, 4.69) is 4.98 Å². The van der Waals surface area contributed by atoms with Gasteiger partial charge in [-0.05, 0) is 35.9 Å². The quantitative estimate of drug-likeness (QED) is 0.481. The standard InChI is InChI=1S/C20H15N3O5S2/c1-2-26-19(25)14-13(12-6-4-8-30-12)15-17(28-20(21)22-15)23-11(18(24)27-16(14)23)9-10-5-3-7-29-10/h3-9,13H,2H2,1H3,(H2,21,22)/b11-9+. The van der Waals surface area contributed by atoms with Crippen LogP contribution in [0.1, 0.15) is 28.3 Å². The average Bonchev–Trinajstić information content (AvgIpc) is 3.49.